The molecule has 3 heterocycles. The molecule has 1 saturated heterocycles. The van der Waals surface area contributed by atoms with Gasteiger partial charge in [0.15, 0.2) is 0 Å². The van der Waals surface area contributed by atoms with E-state index in [1.807, 2.05) is 0 Å². The minimum atomic E-state index is -3.52. The highest BCUT2D eigenvalue weighted by atomic mass is 32.2. The fourth-order valence-corrected chi connectivity index (χ4v) is 4.13. The largest absolute Gasteiger partial charge is 0.467 e. The first kappa shape index (κ1) is 15.8. The van der Waals surface area contributed by atoms with Crippen molar-refractivity contribution in [3.05, 3.63) is 42.1 Å². The van der Waals surface area contributed by atoms with Crippen LogP contribution < -0.4 is 5.32 Å². The molecule has 1 aliphatic rings. The molecule has 0 aromatic carbocycles. The number of carbonyl (C=O) groups excluding carboxylic acids is 1. The summed E-state index contributed by atoms with van der Waals surface area (Å²) in [6.45, 7) is 2.86. The summed E-state index contributed by atoms with van der Waals surface area (Å²) in [6, 6.07) is 4.58. The summed E-state index contributed by atoms with van der Waals surface area (Å²) >= 11 is 0. The Morgan fingerprint density at radius 3 is 2.78 bits per heavy atom. The van der Waals surface area contributed by atoms with E-state index in [1.54, 1.807) is 19.1 Å². The molecule has 1 atom stereocenters. The lowest BCUT2D eigenvalue weighted by Gasteiger charge is -2.13. The number of hydrogen-bond acceptors (Lipinski definition) is 4. The Hall–Kier alpha value is -2.06. The molecule has 124 valence electrons. The lowest BCUT2D eigenvalue weighted by molar-refractivity contribution is 0.0931. The van der Waals surface area contributed by atoms with Crippen molar-refractivity contribution in [2.75, 3.05) is 13.1 Å². The first-order valence-corrected chi connectivity index (χ1v) is 8.95. The van der Waals surface area contributed by atoms with Crippen LogP contribution in [0.4, 0.5) is 0 Å². The normalized spacial score (nSPS) is 17.3. The Morgan fingerprint density at radius 2 is 2.13 bits per heavy atom. The van der Waals surface area contributed by atoms with Crippen molar-refractivity contribution in [3.63, 3.8) is 0 Å². The van der Waals surface area contributed by atoms with Gasteiger partial charge in [-0.25, -0.2) is 8.42 Å². The molecule has 7 nitrogen and oxygen atoms in total. The summed E-state index contributed by atoms with van der Waals surface area (Å²) in [4.78, 5) is 15.1. The fourth-order valence-electron chi connectivity index (χ4n) is 2.62. The van der Waals surface area contributed by atoms with Crippen LogP contribution in [0.25, 0.3) is 0 Å². The van der Waals surface area contributed by atoms with Crippen LogP contribution in [0.2, 0.25) is 0 Å². The van der Waals surface area contributed by atoms with Crippen LogP contribution >= 0.6 is 0 Å². The predicted octanol–water partition coefficient (Wildman–Crippen LogP) is 1.88. The molecule has 1 amide bonds. The Morgan fingerprint density at radius 1 is 1.39 bits per heavy atom. The number of carbonyl (C=O) groups is 1. The molecule has 0 radical (unpaired) electrons. The van der Waals surface area contributed by atoms with Crippen LogP contribution in [0.5, 0.6) is 0 Å². The summed E-state index contributed by atoms with van der Waals surface area (Å²) in [5.41, 5.74) is 0.209. The van der Waals surface area contributed by atoms with Crippen LogP contribution in [-0.4, -0.2) is 36.7 Å². The number of aromatic amines is 1. The van der Waals surface area contributed by atoms with E-state index in [0.717, 1.165) is 12.8 Å². The molecule has 2 aromatic heterocycles. The minimum absolute atomic E-state index is 0.121. The number of nitrogens with one attached hydrogen (secondary N) is 2. The summed E-state index contributed by atoms with van der Waals surface area (Å²) in [7, 11) is -3.52. The Bertz CT molecular complexity index is 774. The third-order valence-electron chi connectivity index (χ3n) is 3.92. The van der Waals surface area contributed by atoms with Gasteiger partial charge in [-0.05, 0) is 38.0 Å². The second kappa shape index (κ2) is 6.21. The minimum Gasteiger partial charge on any atom is -0.467 e. The number of aromatic nitrogens is 1. The Labute approximate surface area is 134 Å². The van der Waals surface area contributed by atoms with Gasteiger partial charge in [0.2, 0.25) is 10.0 Å². The molecule has 0 spiro atoms. The maximum absolute atomic E-state index is 12.4. The average Bonchev–Trinajstić information content (AvgIpc) is 3.27. The van der Waals surface area contributed by atoms with Crippen molar-refractivity contribution in [1.29, 1.82) is 0 Å². The lowest BCUT2D eigenvalue weighted by atomic mass is 10.2. The zero-order valence-corrected chi connectivity index (χ0v) is 13.6. The van der Waals surface area contributed by atoms with E-state index in [-0.39, 0.29) is 22.5 Å². The number of sulfonamides is 1. The van der Waals surface area contributed by atoms with Crippen molar-refractivity contribution in [2.45, 2.75) is 30.7 Å². The molecule has 1 fully saturated rings. The second-order valence-corrected chi connectivity index (χ2v) is 7.51. The second-order valence-electron chi connectivity index (χ2n) is 5.57. The number of nitrogens with zero attached hydrogens (tertiary/aromatic N) is 1. The van der Waals surface area contributed by atoms with E-state index >= 15 is 0 Å². The molecular formula is C15H19N3O4S. The standard InChI is InChI=1S/C15H19N3O4S/c1-11(14-5-4-8-22-14)17-15(19)13-9-12(10-16-13)23(20,21)18-6-2-3-7-18/h4-5,8-11,16H,2-3,6-7H2,1H3,(H,17,19). The van der Waals surface area contributed by atoms with E-state index in [0.29, 0.717) is 18.8 Å². The third-order valence-corrected chi connectivity index (χ3v) is 5.80. The highest BCUT2D eigenvalue weighted by Crippen LogP contribution is 2.21. The first-order valence-electron chi connectivity index (χ1n) is 7.51. The van der Waals surface area contributed by atoms with E-state index in [4.69, 9.17) is 4.42 Å². The van der Waals surface area contributed by atoms with Crippen molar-refractivity contribution in [2.24, 2.45) is 0 Å². The highest BCUT2D eigenvalue weighted by molar-refractivity contribution is 7.89. The molecule has 8 heteroatoms. The molecule has 1 aliphatic heterocycles. The molecule has 0 bridgehead atoms. The molecule has 0 aliphatic carbocycles. The van der Waals surface area contributed by atoms with E-state index in [2.05, 4.69) is 10.3 Å². The summed E-state index contributed by atoms with van der Waals surface area (Å²) < 4.78 is 31.6. The van der Waals surface area contributed by atoms with Crippen molar-refractivity contribution < 1.29 is 17.6 Å². The monoisotopic (exact) mass is 337 g/mol. The zero-order valence-electron chi connectivity index (χ0n) is 12.8. The van der Waals surface area contributed by atoms with Gasteiger partial charge in [0.25, 0.3) is 5.91 Å². The Balaban J connectivity index is 1.72. The number of hydrogen-bond donors (Lipinski definition) is 2. The number of rotatable bonds is 5. The van der Waals surface area contributed by atoms with Gasteiger partial charge >= 0.3 is 0 Å². The van der Waals surface area contributed by atoms with Gasteiger partial charge in [-0.3, -0.25) is 4.79 Å². The smallest absolute Gasteiger partial charge is 0.268 e. The van der Waals surface area contributed by atoms with Gasteiger partial charge in [-0.1, -0.05) is 0 Å². The van der Waals surface area contributed by atoms with Crippen LogP contribution in [-0.2, 0) is 10.0 Å². The van der Waals surface area contributed by atoms with Crippen LogP contribution in [0.15, 0.2) is 40.0 Å². The quantitative estimate of drug-likeness (QED) is 0.871. The number of furan rings is 1. The van der Waals surface area contributed by atoms with Gasteiger partial charge in [0, 0.05) is 19.3 Å². The topological polar surface area (TPSA) is 95.4 Å². The summed E-state index contributed by atoms with van der Waals surface area (Å²) in [5, 5.41) is 2.76. The molecule has 3 rings (SSSR count). The van der Waals surface area contributed by atoms with Crippen LogP contribution in [0, 0.1) is 0 Å². The van der Waals surface area contributed by atoms with Gasteiger partial charge in [-0.15, -0.1) is 0 Å². The van der Waals surface area contributed by atoms with Gasteiger partial charge in [0.05, 0.1) is 12.3 Å². The van der Waals surface area contributed by atoms with Gasteiger partial charge < -0.3 is 14.7 Å². The molecule has 0 saturated carbocycles. The molecule has 2 N–H and O–H groups in total. The van der Waals surface area contributed by atoms with Gasteiger partial charge in [0.1, 0.15) is 16.3 Å². The van der Waals surface area contributed by atoms with Crippen molar-refractivity contribution in [3.8, 4) is 0 Å². The first-order chi connectivity index (χ1) is 11.0. The van der Waals surface area contributed by atoms with Crippen molar-refractivity contribution in [1.82, 2.24) is 14.6 Å². The summed E-state index contributed by atoms with van der Waals surface area (Å²) in [5.74, 6) is 0.256. The fraction of sp³-hybridized carbons (Fsp3) is 0.400. The van der Waals surface area contributed by atoms with Crippen LogP contribution in [0.1, 0.15) is 42.1 Å². The predicted molar refractivity (Wildman–Crippen MR) is 83.4 cm³/mol. The molecule has 2 aromatic rings. The Kier molecular flexibility index (Phi) is 4.27. The van der Waals surface area contributed by atoms with E-state index < -0.39 is 10.0 Å². The third kappa shape index (κ3) is 3.18. The highest BCUT2D eigenvalue weighted by Gasteiger charge is 2.28. The van der Waals surface area contributed by atoms with E-state index in [9.17, 15) is 13.2 Å². The van der Waals surface area contributed by atoms with Gasteiger partial charge in [-0.2, -0.15) is 4.31 Å². The molecule has 1 unspecified atom stereocenters. The van der Waals surface area contributed by atoms with Crippen molar-refractivity contribution >= 4 is 15.9 Å². The molecular weight excluding hydrogens is 318 g/mol. The van der Waals surface area contributed by atoms with Crippen LogP contribution in [0.3, 0.4) is 0 Å². The maximum Gasteiger partial charge on any atom is 0.268 e. The number of H-pyrrole nitrogens is 1. The zero-order chi connectivity index (χ0) is 16.4. The molecule has 23 heavy (non-hydrogen) atoms. The SMILES string of the molecule is CC(NC(=O)c1cc(S(=O)(=O)N2CCCC2)c[nH]1)c1ccco1. The number of amides is 1. The maximum atomic E-state index is 12.4. The van der Waals surface area contributed by atoms with E-state index in [1.165, 1.54) is 22.8 Å². The summed E-state index contributed by atoms with van der Waals surface area (Å²) in [6.07, 6.45) is 4.64. The lowest BCUT2D eigenvalue weighted by Crippen LogP contribution is -2.28. The average molecular weight is 337 g/mol.